The highest BCUT2D eigenvalue weighted by atomic mass is 16.5. The largest absolute Gasteiger partial charge is 0.493 e. The molecule has 1 fully saturated rings. The van der Waals surface area contributed by atoms with Gasteiger partial charge in [0, 0.05) is 30.2 Å². The Hall–Kier alpha value is -4.19. The smallest absolute Gasteiger partial charge is 0.336 e. The topological polar surface area (TPSA) is 74.2 Å². The van der Waals surface area contributed by atoms with Gasteiger partial charge < -0.3 is 14.2 Å². The fourth-order valence-corrected chi connectivity index (χ4v) is 5.90. The van der Waals surface area contributed by atoms with Crippen molar-refractivity contribution in [2.45, 2.75) is 44.9 Å². The Labute approximate surface area is 235 Å². The number of esters is 1. The van der Waals surface area contributed by atoms with E-state index in [1.807, 2.05) is 80.6 Å². The van der Waals surface area contributed by atoms with Gasteiger partial charge in [-0.15, -0.1) is 0 Å². The summed E-state index contributed by atoms with van der Waals surface area (Å²) in [5.41, 5.74) is 4.87. The van der Waals surface area contributed by atoms with Crippen molar-refractivity contribution in [1.82, 2.24) is 0 Å². The minimum Gasteiger partial charge on any atom is -0.493 e. The van der Waals surface area contributed by atoms with Crippen LogP contribution in [0.4, 0.5) is 0 Å². The summed E-state index contributed by atoms with van der Waals surface area (Å²) in [5, 5.41) is 0. The minimum absolute atomic E-state index is 0.0615. The van der Waals surface area contributed by atoms with E-state index in [4.69, 9.17) is 19.2 Å². The van der Waals surface area contributed by atoms with E-state index in [0.717, 1.165) is 22.4 Å². The first kappa shape index (κ1) is 27.4. The van der Waals surface area contributed by atoms with Gasteiger partial charge in [-0.1, -0.05) is 66.7 Å². The van der Waals surface area contributed by atoms with Crippen LogP contribution in [-0.2, 0) is 20.7 Å². The van der Waals surface area contributed by atoms with E-state index in [9.17, 15) is 9.59 Å². The van der Waals surface area contributed by atoms with Crippen LogP contribution >= 0.6 is 0 Å². The maximum absolute atomic E-state index is 13.9. The molecule has 3 atom stereocenters. The summed E-state index contributed by atoms with van der Waals surface area (Å²) in [4.78, 5) is 32.4. The molecular weight excluding hydrogens is 502 g/mol. The van der Waals surface area contributed by atoms with Gasteiger partial charge in [0.1, 0.15) is 5.78 Å². The number of methoxy groups -OCH3 is 1. The molecule has 5 rings (SSSR count). The summed E-state index contributed by atoms with van der Waals surface area (Å²) in [5.74, 6) is -0.181. The van der Waals surface area contributed by atoms with Crippen LogP contribution in [0.3, 0.4) is 0 Å². The van der Waals surface area contributed by atoms with E-state index >= 15 is 0 Å². The molecule has 1 aliphatic carbocycles. The number of ether oxygens (including phenoxy) is 3. The summed E-state index contributed by atoms with van der Waals surface area (Å²) in [6.07, 6.45) is 1.67. The molecular formula is C34H35NO5. The summed E-state index contributed by atoms with van der Waals surface area (Å²) >= 11 is 0. The molecule has 0 aromatic heterocycles. The van der Waals surface area contributed by atoms with E-state index in [0.29, 0.717) is 48.6 Å². The zero-order valence-electron chi connectivity index (χ0n) is 23.3. The van der Waals surface area contributed by atoms with Gasteiger partial charge in [-0.2, -0.15) is 0 Å². The number of hydrogen-bond acceptors (Lipinski definition) is 6. The van der Waals surface area contributed by atoms with Gasteiger partial charge in [-0.25, -0.2) is 4.79 Å². The Bertz CT molecular complexity index is 1430. The van der Waals surface area contributed by atoms with Gasteiger partial charge in [-0.05, 0) is 55.0 Å². The number of Topliss-reactive ketones (excluding diaryl/α,β-unsaturated/α-hetero) is 1. The van der Waals surface area contributed by atoms with E-state index in [1.54, 1.807) is 7.11 Å². The van der Waals surface area contributed by atoms with Gasteiger partial charge in [0.05, 0.1) is 31.8 Å². The molecule has 1 heterocycles. The standard InChI is InChI=1S/C34H35NO5/c1-4-39-29-16-15-25(21-30(29)38-3)32-31(34(37)40-18-17-23-11-7-5-8-12-23)22(2)35-27-19-26(20-28(36)33(27)32)24-13-9-6-10-14-24/h5-16,21,26,32-33H,4,17-20H2,1-3H3/t26-,32+,33?/m0/s1. The molecule has 3 aromatic rings. The zero-order valence-corrected chi connectivity index (χ0v) is 23.3. The molecule has 3 aromatic carbocycles. The average Bonchev–Trinajstić information content (AvgIpc) is 2.97. The Morgan fingerprint density at radius 1 is 0.900 bits per heavy atom. The highest BCUT2D eigenvalue weighted by Crippen LogP contribution is 2.47. The molecule has 0 N–H and O–H groups in total. The number of carbonyl (C=O) groups is 2. The minimum atomic E-state index is -0.539. The van der Waals surface area contributed by atoms with Crippen LogP contribution in [0.2, 0.25) is 0 Å². The van der Waals surface area contributed by atoms with Crippen LogP contribution in [-0.4, -0.2) is 37.8 Å². The number of ketones is 1. The van der Waals surface area contributed by atoms with Crippen molar-refractivity contribution < 1.29 is 23.8 Å². The van der Waals surface area contributed by atoms with Gasteiger partial charge >= 0.3 is 5.97 Å². The second kappa shape index (κ2) is 12.3. The number of fused-ring (bicyclic) bond motifs is 1. The molecule has 6 heteroatoms. The highest BCUT2D eigenvalue weighted by Gasteiger charge is 2.46. The van der Waals surface area contributed by atoms with Gasteiger partial charge in [0.15, 0.2) is 11.5 Å². The SMILES string of the molecule is CCOc1ccc([C@@H]2C(C(=O)OCCc3ccccc3)=C(C)N=C3C[C@H](c4ccccc4)CC(=O)C32)cc1OC. The lowest BCUT2D eigenvalue weighted by atomic mass is 9.66. The first-order valence-electron chi connectivity index (χ1n) is 13.9. The normalized spacial score (nSPS) is 20.4. The molecule has 206 valence electrons. The third kappa shape index (κ3) is 5.71. The molecule has 6 nitrogen and oxygen atoms in total. The second-order valence-electron chi connectivity index (χ2n) is 10.3. The summed E-state index contributed by atoms with van der Waals surface area (Å²) in [6.45, 7) is 4.49. The van der Waals surface area contributed by atoms with Crippen molar-refractivity contribution in [3.05, 3.63) is 107 Å². The molecule has 1 unspecified atom stereocenters. The lowest BCUT2D eigenvalue weighted by Crippen LogP contribution is -2.41. The molecule has 0 spiro atoms. The number of benzene rings is 3. The fourth-order valence-electron chi connectivity index (χ4n) is 5.90. The molecule has 0 bridgehead atoms. The number of carbonyl (C=O) groups excluding carboxylic acids is 2. The number of aliphatic imine (C=N–C) groups is 1. The van der Waals surface area contributed by atoms with Crippen molar-refractivity contribution in [3.63, 3.8) is 0 Å². The van der Waals surface area contributed by atoms with E-state index in [2.05, 4.69) is 12.1 Å². The predicted octanol–water partition coefficient (Wildman–Crippen LogP) is 6.45. The summed E-state index contributed by atoms with van der Waals surface area (Å²) in [6, 6.07) is 25.6. The van der Waals surface area contributed by atoms with Crippen LogP contribution in [0.25, 0.3) is 0 Å². The van der Waals surface area contributed by atoms with E-state index in [1.165, 1.54) is 0 Å². The lowest BCUT2D eigenvalue weighted by Gasteiger charge is -2.38. The number of nitrogens with zero attached hydrogens (tertiary/aromatic N) is 1. The van der Waals surface area contributed by atoms with Gasteiger partial charge in [0.25, 0.3) is 0 Å². The fraction of sp³-hybridized carbons (Fsp3) is 0.324. The lowest BCUT2D eigenvalue weighted by molar-refractivity contribution is -0.139. The second-order valence-corrected chi connectivity index (χ2v) is 10.3. The Morgan fingerprint density at radius 3 is 2.33 bits per heavy atom. The molecule has 40 heavy (non-hydrogen) atoms. The zero-order chi connectivity index (χ0) is 28.1. The third-order valence-corrected chi connectivity index (χ3v) is 7.76. The van der Waals surface area contributed by atoms with Crippen LogP contribution in [0, 0.1) is 5.92 Å². The maximum Gasteiger partial charge on any atom is 0.336 e. The van der Waals surface area contributed by atoms with Crippen LogP contribution < -0.4 is 9.47 Å². The van der Waals surface area contributed by atoms with Crippen molar-refractivity contribution in [1.29, 1.82) is 0 Å². The van der Waals surface area contributed by atoms with Crippen LogP contribution in [0.5, 0.6) is 11.5 Å². The number of rotatable bonds is 9. The highest BCUT2D eigenvalue weighted by molar-refractivity contribution is 6.12. The summed E-state index contributed by atoms with van der Waals surface area (Å²) in [7, 11) is 1.59. The molecule has 0 radical (unpaired) electrons. The first-order chi connectivity index (χ1) is 19.5. The first-order valence-corrected chi connectivity index (χ1v) is 13.9. The van der Waals surface area contributed by atoms with Crippen molar-refractivity contribution in [3.8, 4) is 11.5 Å². The van der Waals surface area contributed by atoms with E-state index in [-0.39, 0.29) is 18.3 Å². The van der Waals surface area contributed by atoms with E-state index < -0.39 is 17.8 Å². The Morgan fingerprint density at radius 2 is 1.62 bits per heavy atom. The van der Waals surface area contributed by atoms with Gasteiger partial charge in [0.2, 0.25) is 0 Å². The maximum atomic E-state index is 13.9. The number of allylic oxidation sites excluding steroid dienone is 1. The molecule has 0 saturated heterocycles. The Kier molecular flexibility index (Phi) is 8.44. The van der Waals surface area contributed by atoms with Crippen molar-refractivity contribution >= 4 is 17.5 Å². The molecule has 1 aliphatic heterocycles. The van der Waals surface area contributed by atoms with Crippen molar-refractivity contribution in [2.75, 3.05) is 20.3 Å². The third-order valence-electron chi connectivity index (χ3n) is 7.76. The molecule has 2 aliphatic rings. The predicted molar refractivity (Wildman–Crippen MR) is 155 cm³/mol. The van der Waals surface area contributed by atoms with Crippen molar-refractivity contribution in [2.24, 2.45) is 10.9 Å². The van der Waals surface area contributed by atoms with Crippen LogP contribution in [0.15, 0.2) is 95.1 Å². The number of hydrogen-bond donors (Lipinski definition) is 0. The Balaban J connectivity index is 1.51. The quantitative estimate of drug-likeness (QED) is 0.293. The average molecular weight is 538 g/mol. The summed E-state index contributed by atoms with van der Waals surface area (Å²) < 4.78 is 17.2. The molecule has 0 amide bonds. The van der Waals surface area contributed by atoms with Gasteiger partial charge in [-0.3, -0.25) is 9.79 Å². The molecule has 1 saturated carbocycles. The van der Waals surface area contributed by atoms with Crippen LogP contribution in [0.1, 0.15) is 55.2 Å². The monoisotopic (exact) mass is 537 g/mol.